The third-order valence-electron chi connectivity index (χ3n) is 8.66. The van der Waals surface area contributed by atoms with Crippen molar-refractivity contribution in [2.45, 2.75) is 63.7 Å². The van der Waals surface area contributed by atoms with E-state index in [1.807, 2.05) is 13.8 Å². The Morgan fingerprint density at radius 1 is 1.09 bits per heavy atom. The van der Waals surface area contributed by atoms with Gasteiger partial charge < -0.3 is 19.2 Å². The van der Waals surface area contributed by atoms with Crippen molar-refractivity contribution in [1.29, 1.82) is 0 Å². The highest BCUT2D eigenvalue weighted by atomic mass is 32.2. The summed E-state index contributed by atoms with van der Waals surface area (Å²) in [4.78, 5) is 35.4. The average Bonchev–Trinajstić information content (AvgIpc) is 3.38. The minimum atomic E-state index is -3.84. The molecule has 2 fully saturated rings. The molecule has 2 saturated heterocycles. The van der Waals surface area contributed by atoms with Gasteiger partial charge in [0, 0.05) is 46.2 Å². The number of carbonyl (C=O) groups excluding carboxylic acids is 1. The Labute approximate surface area is 270 Å². The fraction of sp³-hybridized carbons (Fsp3) is 0.625. The van der Waals surface area contributed by atoms with E-state index >= 15 is 0 Å². The van der Waals surface area contributed by atoms with Crippen LogP contribution in [-0.2, 0) is 37.8 Å². The largest absolute Gasteiger partial charge is 0.493 e. The smallest absolute Gasteiger partial charge is 0.305 e. The van der Waals surface area contributed by atoms with Gasteiger partial charge in [-0.05, 0) is 56.2 Å². The number of fused-ring (bicyclic) bond motifs is 1. The van der Waals surface area contributed by atoms with Gasteiger partial charge in [0.2, 0.25) is 10.0 Å². The quantitative estimate of drug-likeness (QED) is 0.256. The molecular formula is C32H46N6O7S. The maximum Gasteiger partial charge on any atom is 0.305 e. The van der Waals surface area contributed by atoms with Crippen LogP contribution in [0.2, 0.25) is 0 Å². The number of esters is 1. The highest BCUT2D eigenvalue weighted by molar-refractivity contribution is 7.89. The number of hydrogen-bond donors (Lipinski definition) is 1. The van der Waals surface area contributed by atoms with E-state index in [4.69, 9.17) is 19.2 Å². The minimum Gasteiger partial charge on any atom is -0.493 e. The number of aromatic amines is 1. The average molecular weight is 659 g/mol. The van der Waals surface area contributed by atoms with E-state index in [1.165, 1.54) is 8.99 Å². The Hall–Kier alpha value is -3.33. The van der Waals surface area contributed by atoms with Gasteiger partial charge in [0.15, 0.2) is 5.52 Å². The standard InChI is InChI=1S/C32H46N6O7S/c1-4-6-26-29-30(36(3)35-26)32(40)34-31(33-29)25-22-24(8-9-27(25)44-18-5-2)46(41,42)38-13-11-23(12-14-38)7-10-28(39)45-21-17-37-15-19-43-20-16-37/h8-9,22-23H,4-7,10-21H2,1-3H3,(H,33,34,40). The highest BCUT2D eigenvalue weighted by Gasteiger charge is 2.31. The van der Waals surface area contributed by atoms with Crippen LogP contribution in [0.1, 0.15) is 58.1 Å². The molecule has 13 nitrogen and oxygen atoms in total. The zero-order chi connectivity index (χ0) is 32.7. The molecule has 2 aromatic heterocycles. The number of aromatic nitrogens is 4. The van der Waals surface area contributed by atoms with Gasteiger partial charge in [-0.2, -0.15) is 9.40 Å². The lowest BCUT2D eigenvalue weighted by atomic mass is 9.93. The number of sulfonamides is 1. The first-order valence-corrected chi connectivity index (χ1v) is 17.8. The lowest BCUT2D eigenvalue weighted by Crippen LogP contribution is -2.39. The third-order valence-corrected chi connectivity index (χ3v) is 10.6. The molecule has 4 heterocycles. The lowest BCUT2D eigenvalue weighted by molar-refractivity contribution is -0.144. The molecule has 0 aliphatic carbocycles. The van der Waals surface area contributed by atoms with E-state index in [0.717, 1.165) is 31.6 Å². The van der Waals surface area contributed by atoms with E-state index in [9.17, 15) is 18.0 Å². The van der Waals surface area contributed by atoms with Crippen LogP contribution < -0.4 is 10.3 Å². The fourth-order valence-corrected chi connectivity index (χ4v) is 7.56. The van der Waals surface area contributed by atoms with Crippen LogP contribution in [0.25, 0.3) is 22.4 Å². The summed E-state index contributed by atoms with van der Waals surface area (Å²) in [5.41, 5.74) is 1.64. The van der Waals surface area contributed by atoms with Crippen LogP contribution >= 0.6 is 0 Å². The maximum absolute atomic E-state index is 13.8. The number of nitrogens with zero attached hydrogens (tertiary/aromatic N) is 5. The van der Waals surface area contributed by atoms with Crippen molar-refractivity contribution in [2.75, 3.05) is 59.2 Å². The van der Waals surface area contributed by atoms with Crippen LogP contribution in [-0.4, -0.2) is 102 Å². The molecule has 0 atom stereocenters. The molecule has 1 aromatic carbocycles. The minimum absolute atomic E-state index is 0.108. The first kappa shape index (κ1) is 34.0. The summed E-state index contributed by atoms with van der Waals surface area (Å²) >= 11 is 0. The van der Waals surface area contributed by atoms with Gasteiger partial charge in [-0.15, -0.1) is 0 Å². The number of aryl methyl sites for hydroxylation is 2. The van der Waals surface area contributed by atoms with Crippen LogP contribution in [0.3, 0.4) is 0 Å². The van der Waals surface area contributed by atoms with Crippen LogP contribution in [0.5, 0.6) is 5.75 Å². The summed E-state index contributed by atoms with van der Waals surface area (Å²) in [6, 6.07) is 4.72. The normalized spacial score (nSPS) is 17.0. The van der Waals surface area contributed by atoms with E-state index in [2.05, 4.69) is 15.0 Å². The summed E-state index contributed by atoms with van der Waals surface area (Å²) in [6.07, 6.45) is 4.59. The number of H-pyrrole nitrogens is 1. The molecular weight excluding hydrogens is 612 g/mol. The predicted molar refractivity (Wildman–Crippen MR) is 173 cm³/mol. The Kier molecular flexibility index (Phi) is 11.5. The number of benzene rings is 1. The van der Waals surface area contributed by atoms with E-state index in [-0.39, 0.29) is 28.2 Å². The van der Waals surface area contributed by atoms with Gasteiger partial charge in [0.1, 0.15) is 23.7 Å². The highest BCUT2D eigenvalue weighted by Crippen LogP contribution is 2.34. The maximum atomic E-state index is 13.8. The molecule has 0 saturated carbocycles. The summed E-state index contributed by atoms with van der Waals surface area (Å²) < 4.78 is 47.4. The molecule has 3 aromatic rings. The number of ether oxygens (including phenoxy) is 3. The lowest BCUT2D eigenvalue weighted by Gasteiger charge is -2.31. The van der Waals surface area contributed by atoms with Gasteiger partial charge in [0.05, 0.1) is 36.0 Å². The molecule has 46 heavy (non-hydrogen) atoms. The molecule has 0 amide bonds. The zero-order valence-corrected chi connectivity index (χ0v) is 27.9. The van der Waals surface area contributed by atoms with E-state index in [1.54, 1.807) is 25.2 Å². The van der Waals surface area contributed by atoms with Gasteiger partial charge in [-0.1, -0.05) is 20.3 Å². The third kappa shape index (κ3) is 7.96. The van der Waals surface area contributed by atoms with Crippen molar-refractivity contribution in [3.63, 3.8) is 0 Å². The van der Waals surface area contributed by atoms with E-state index in [0.29, 0.717) is 101 Å². The van der Waals surface area contributed by atoms with Crippen LogP contribution in [0.15, 0.2) is 27.9 Å². The monoisotopic (exact) mass is 658 g/mol. The second kappa shape index (κ2) is 15.5. The van der Waals surface area contributed by atoms with Gasteiger partial charge in [0.25, 0.3) is 5.56 Å². The molecule has 0 unspecified atom stereocenters. The van der Waals surface area contributed by atoms with Crippen molar-refractivity contribution in [3.05, 3.63) is 34.2 Å². The van der Waals surface area contributed by atoms with Gasteiger partial charge in [-0.25, -0.2) is 13.4 Å². The van der Waals surface area contributed by atoms with Crippen molar-refractivity contribution in [2.24, 2.45) is 13.0 Å². The van der Waals surface area contributed by atoms with E-state index < -0.39 is 10.0 Å². The van der Waals surface area contributed by atoms with Gasteiger partial charge in [-0.3, -0.25) is 19.2 Å². The number of carbonyl (C=O) groups is 1. The topological polar surface area (TPSA) is 149 Å². The van der Waals surface area contributed by atoms with Crippen LogP contribution in [0.4, 0.5) is 0 Å². The van der Waals surface area contributed by atoms with Crippen molar-refractivity contribution in [1.82, 2.24) is 29.0 Å². The van der Waals surface area contributed by atoms with Crippen molar-refractivity contribution >= 4 is 27.0 Å². The Morgan fingerprint density at radius 3 is 2.57 bits per heavy atom. The number of piperidine rings is 1. The number of hydrogen-bond acceptors (Lipinski definition) is 10. The molecule has 14 heteroatoms. The second-order valence-electron chi connectivity index (χ2n) is 12.0. The SMILES string of the molecule is CCCOc1ccc(S(=O)(=O)N2CCC(CCC(=O)OCCN3CCOCC3)CC2)cc1-c1nc2c(CCC)nn(C)c2c(=O)[nH]1. The number of morpholine rings is 1. The molecule has 2 aliphatic heterocycles. The summed E-state index contributed by atoms with van der Waals surface area (Å²) in [5, 5.41) is 4.49. The Morgan fingerprint density at radius 2 is 1.85 bits per heavy atom. The zero-order valence-electron chi connectivity index (χ0n) is 27.1. The summed E-state index contributed by atoms with van der Waals surface area (Å²) in [6.45, 7) is 9.38. The first-order valence-electron chi connectivity index (χ1n) is 16.4. The summed E-state index contributed by atoms with van der Waals surface area (Å²) in [5.74, 6) is 0.719. The van der Waals surface area contributed by atoms with Crippen molar-refractivity contribution < 1.29 is 27.4 Å². The van der Waals surface area contributed by atoms with Crippen LogP contribution in [0, 0.1) is 5.92 Å². The molecule has 0 bridgehead atoms. The number of rotatable bonds is 14. The predicted octanol–water partition coefficient (Wildman–Crippen LogP) is 3.12. The Balaban J connectivity index is 1.26. The Bertz CT molecular complexity index is 1660. The first-order chi connectivity index (χ1) is 22.2. The van der Waals surface area contributed by atoms with Crippen molar-refractivity contribution in [3.8, 4) is 17.1 Å². The summed E-state index contributed by atoms with van der Waals surface area (Å²) in [7, 11) is -2.12. The fourth-order valence-electron chi connectivity index (χ4n) is 6.07. The van der Waals surface area contributed by atoms with Gasteiger partial charge >= 0.3 is 5.97 Å². The number of nitrogens with one attached hydrogen (secondary N) is 1. The molecule has 0 radical (unpaired) electrons. The molecule has 252 valence electrons. The molecule has 0 spiro atoms. The molecule has 5 rings (SSSR count). The second-order valence-corrected chi connectivity index (χ2v) is 13.9. The molecule has 2 aliphatic rings. The molecule has 1 N–H and O–H groups in total.